The van der Waals surface area contributed by atoms with Gasteiger partial charge in [-0.2, -0.15) is 0 Å². The standard InChI is InChI=1S/C16H21N5O6/c17-11-9(19-12-15(18)20-2-1-3-21(20)16(12)25)8-10(26-6-4-22)13(24)14(11)27-7-5-23/h8,14,17,22-23H,1-7,18H2. The minimum absolute atomic E-state index is 0.000784. The van der Waals surface area contributed by atoms with Crippen LogP contribution in [0.3, 0.4) is 0 Å². The van der Waals surface area contributed by atoms with E-state index < -0.39 is 11.9 Å². The van der Waals surface area contributed by atoms with Crippen LogP contribution in [0.25, 0.3) is 0 Å². The summed E-state index contributed by atoms with van der Waals surface area (Å²) in [6.07, 6.45) is 0.704. The number of hydrogen-bond acceptors (Lipinski definition) is 9. The van der Waals surface area contributed by atoms with Crippen LogP contribution in [-0.4, -0.2) is 69.3 Å². The Morgan fingerprint density at radius 2 is 1.93 bits per heavy atom. The molecule has 0 bridgehead atoms. The Morgan fingerprint density at radius 1 is 1.22 bits per heavy atom. The van der Waals surface area contributed by atoms with Gasteiger partial charge in [-0.25, -0.2) is 9.67 Å². The van der Waals surface area contributed by atoms with Crippen molar-refractivity contribution in [3.05, 3.63) is 22.2 Å². The van der Waals surface area contributed by atoms with Crippen LogP contribution in [0.5, 0.6) is 0 Å². The Labute approximate surface area is 153 Å². The van der Waals surface area contributed by atoms with Gasteiger partial charge < -0.3 is 25.4 Å². The van der Waals surface area contributed by atoms with Crippen LogP contribution in [0, 0.1) is 5.41 Å². The van der Waals surface area contributed by atoms with Gasteiger partial charge in [0, 0.05) is 19.2 Å². The number of nitrogens with one attached hydrogen (secondary N) is 1. The van der Waals surface area contributed by atoms with Crippen LogP contribution < -0.4 is 11.3 Å². The fourth-order valence-corrected chi connectivity index (χ4v) is 3.01. The molecule has 0 fully saturated rings. The molecule has 3 rings (SSSR count). The molecule has 1 unspecified atom stereocenters. The number of aliphatic hydroxyl groups is 2. The predicted molar refractivity (Wildman–Crippen MR) is 95.5 cm³/mol. The molecule has 146 valence electrons. The molecule has 1 aliphatic heterocycles. The van der Waals surface area contributed by atoms with Gasteiger partial charge in [0.25, 0.3) is 5.56 Å². The number of hydrogen-bond donors (Lipinski definition) is 4. The minimum Gasteiger partial charge on any atom is -0.487 e. The molecule has 2 heterocycles. The first kappa shape index (κ1) is 19.0. The van der Waals surface area contributed by atoms with Gasteiger partial charge >= 0.3 is 0 Å². The van der Waals surface area contributed by atoms with Crippen LogP contribution in [0.1, 0.15) is 6.42 Å². The fraction of sp³-hybridized carbons (Fsp3) is 0.500. The van der Waals surface area contributed by atoms with E-state index in [0.717, 1.165) is 6.42 Å². The van der Waals surface area contributed by atoms with Gasteiger partial charge in [0.1, 0.15) is 6.61 Å². The van der Waals surface area contributed by atoms with Crippen LogP contribution in [0.2, 0.25) is 0 Å². The number of carbonyl (C=O) groups excluding carboxylic acids is 1. The number of nitrogens with zero attached hydrogens (tertiary/aromatic N) is 3. The summed E-state index contributed by atoms with van der Waals surface area (Å²) in [4.78, 5) is 29.1. The van der Waals surface area contributed by atoms with Crippen molar-refractivity contribution >= 4 is 28.7 Å². The van der Waals surface area contributed by atoms with E-state index in [1.54, 1.807) is 4.68 Å². The summed E-state index contributed by atoms with van der Waals surface area (Å²) in [5, 5.41) is 26.1. The van der Waals surface area contributed by atoms with E-state index in [4.69, 9.17) is 30.8 Å². The van der Waals surface area contributed by atoms with Gasteiger partial charge in [0.2, 0.25) is 5.78 Å². The maximum atomic E-state index is 12.5. The summed E-state index contributed by atoms with van der Waals surface area (Å²) in [6, 6.07) is 0. The molecular weight excluding hydrogens is 358 g/mol. The number of Topliss-reactive ketones (excluding diaryl/α,β-unsaturated/α-hetero) is 1. The Morgan fingerprint density at radius 3 is 2.59 bits per heavy atom. The molecule has 1 aromatic heterocycles. The van der Waals surface area contributed by atoms with Crippen LogP contribution >= 0.6 is 0 Å². The van der Waals surface area contributed by atoms with Crippen molar-refractivity contribution in [3.8, 4) is 0 Å². The van der Waals surface area contributed by atoms with Crippen molar-refractivity contribution in [2.75, 3.05) is 32.2 Å². The van der Waals surface area contributed by atoms with Crippen molar-refractivity contribution < 1.29 is 24.5 Å². The number of aliphatic imine (C=N–C) groups is 1. The lowest BCUT2D eigenvalue weighted by Crippen LogP contribution is -2.42. The second-order valence-electron chi connectivity index (χ2n) is 5.97. The van der Waals surface area contributed by atoms with E-state index in [-0.39, 0.29) is 60.7 Å². The summed E-state index contributed by atoms with van der Waals surface area (Å²) >= 11 is 0. The number of allylic oxidation sites excluding steroid dienone is 1. The SMILES string of the molecule is N=C1C(=Nc2c(N)n3n(c2=O)CCC3)C=C(OCCO)C(=O)C1OCCO. The number of anilines is 1. The summed E-state index contributed by atoms with van der Waals surface area (Å²) < 4.78 is 13.6. The average Bonchev–Trinajstić information content (AvgIpc) is 3.22. The molecule has 0 spiro atoms. The molecule has 0 aromatic carbocycles. The molecule has 0 radical (unpaired) electrons. The number of fused-ring (bicyclic) bond motifs is 1. The summed E-state index contributed by atoms with van der Waals surface area (Å²) in [5.74, 6) is -0.578. The molecule has 0 saturated carbocycles. The van der Waals surface area contributed by atoms with Crippen molar-refractivity contribution in [3.63, 3.8) is 0 Å². The molecule has 27 heavy (non-hydrogen) atoms. The smallest absolute Gasteiger partial charge is 0.294 e. The van der Waals surface area contributed by atoms with Gasteiger partial charge in [-0.15, -0.1) is 0 Å². The number of nitrogens with two attached hydrogens (primary N) is 1. The Kier molecular flexibility index (Phi) is 5.54. The third-order valence-electron chi connectivity index (χ3n) is 4.23. The number of nitrogen functional groups attached to an aromatic ring is 1. The first-order valence-electron chi connectivity index (χ1n) is 8.48. The van der Waals surface area contributed by atoms with Gasteiger partial charge in [0.05, 0.1) is 31.2 Å². The molecule has 0 amide bonds. The number of aromatic nitrogens is 2. The zero-order valence-corrected chi connectivity index (χ0v) is 14.6. The lowest BCUT2D eigenvalue weighted by Gasteiger charge is -2.23. The predicted octanol–water partition coefficient (Wildman–Crippen LogP) is -1.42. The molecule has 5 N–H and O–H groups in total. The first-order valence-corrected chi connectivity index (χ1v) is 8.48. The van der Waals surface area contributed by atoms with Crippen molar-refractivity contribution in [1.82, 2.24) is 9.36 Å². The van der Waals surface area contributed by atoms with Crippen molar-refractivity contribution in [2.24, 2.45) is 4.99 Å². The minimum atomic E-state index is -1.33. The van der Waals surface area contributed by atoms with Gasteiger partial charge in [-0.1, -0.05) is 0 Å². The largest absolute Gasteiger partial charge is 0.487 e. The topological polar surface area (TPSA) is 165 Å². The van der Waals surface area contributed by atoms with Gasteiger partial charge in [0.15, 0.2) is 23.4 Å². The van der Waals surface area contributed by atoms with Crippen molar-refractivity contribution in [1.29, 1.82) is 5.41 Å². The zero-order valence-electron chi connectivity index (χ0n) is 14.6. The Hall–Kier alpha value is -2.76. The van der Waals surface area contributed by atoms with Crippen LogP contribution in [0.15, 0.2) is 21.6 Å². The van der Waals surface area contributed by atoms with E-state index in [1.165, 1.54) is 10.8 Å². The maximum absolute atomic E-state index is 12.5. The normalized spacial score (nSPS) is 20.9. The number of ketones is 1. The molecular formula is C16H21N5O6. The van der Waals surface area contributed by atoms with Crippen LogP contribution in [0.4, 0.5) is 11.5 Å². The summed E-state index contributed by atoms with van der Waals surface area (Å²) in [6.45, 7) is 0.205. The summed E-state index contributed by atoms with van der Waals surface area (Å²) in [5.41, 5.74) is 5.37. The highest BCUT2D eigenvalue weighted by Gasteiger charge is 2.36. The van der Waals surface area contributed by atoms with E-state index in [2.05, 4.69) is 4.99 Å². The number of aliphatic hydroxyl groups excluding tert-OH is 2. The van der Waals surface area contributed by atoms with Crippen molar-refractivity contribution in [2.45, 2.75) is 25.6 Å². The van der Waals surface area contributed by atoms with Crippen LogP contribution in [-0.2, 0) is 27.4 Å². The fourth-order valence-electron chi connectivity index (χ4n) is 3.01. The third-order valence-corrected chi connectivity index (χ3v) is 4.23. The number of carbonyl (C=O) groups is 1. The second kappa shape index (κ2) is 7.86. The Balaban J connectivity index is 2.03. The number of ether oxygens (including phenoxy) is 2. The van der Waals surface area contributed by atoms with E-state index in [1.807, 2.05) is 0 Å². The molecule has 1 aromatic rings. The molecule has 1 aliphatic carbocycles. The van der Waals surface area contributed by atoms with E-state index in [0.29, 0.717) is 13.1 Å². The quantitative estimate of drug-likeness (QED) is 0.451. The molecule has 2 aliphatic rings. The zero-order chi connectivity index (χ0) is 19.6. The third kappa shape index (κ3) is 3.44. The lowest BCUT2D eigenvalue weighted by molar-refractivity contribution is -0.127. The molecule has 1 atom stereocenters. The maximum Gasteiger partial charge on any atom is 0.294 e. The molecule has 0 saturated heterocycles. The highest BCUT2D eigenvalue weighted by Crippen LogP contribution is 2.24. The average molecular weight is 379 g/mol. The highest BCUT2D eigenvalue weighted by molar-refractivity contribution is 6.53. The molecule has 11 nitrogen and oxygen atoms in total. The monoisotopic (exact) mass is 379 g/mol. The van der Waals surface area contributed by atoms with E-state index >= 15 is 0 Å². The number of rotatable bonds is 7. The Bertz CT molecular complexity index is 881. The van der Waals surface area contributed by atoms with E-state index in [9.17, 15) is 9.59 Å². The van der Waals surface area contributed by atoms with Gasteiger partial charge in [-0.05, 0) is 6.42 Å². The first-order chi connectivity index (χ1) is 13.0. The van der Waals surface area contributed by atoms with Gasteiger partial charge in [-0.3, -0.25) is 19.7 Å². The highest BCUT2D eigenvalue weighted by atomic mass is 16.5. The lowest BCUT2D eigenvalue weighted by atomic mass is 9.97. The molecule has 11 heteroatoms. The second-order valence-corrected chi connectivity index (χ2v) is 5.97. The summed E-state index contributed by atoms with van der Waals surface area (Å²) in [7, 11) is 0.